The van der Waals surface area contributed by atoms with E-state index < -0.39 is 0 Å². The van der Waals surface area contributed by atoms with Gasteiger partial charge in [0.05, 0.1) is 0 Å². The maximum atomic E-state index is 5.92. The second-order valence-corrected chi connectivity index (χ2v) is 4.92. The predicted molar refractivity (Wildman–Crippen MR) is 68.3 cm³/mol. The molecule has 2 rings (SSSR count). The molecule has 0 amide bonds. The van der Waals surface area contributed by atoms with Crippen molar-refractivity contribution >= 4 is 0 Å². The number of hydrogen-bond acceptors (Lipinski definition) is 2. The molecule has 2 nitrogen and oxygen atoms in total. The SMILES string of the molecule is Cc1ccccc1C1C(CN)CCCN1C. The van der Waals surface area contributed by atoms with E-state index in [9.17, 15) is 0 Å². The molecular weight excluding hydrogens is 196 g/mol. The maximum absolute atomic E-state index is 5.92. The van der Waals surface area contributed by atoms with E-state index in [0.29, 0.717) is 12.0 Å². The highest BCUT2D eigenvalue weighted by Crippen LogP contribution is 2.35. The fraction of sp³-hybridized carbons (Fsp3) is 0.571. The average Bonchev–Trinajstić information content (AvgIpc) is 2.30. The fourth-order valence-electron chi connectivity index (χ4n) is 2.92. The van der Waals surface area contributed by atoms with Crippen LogP contribution in [-0.2, 0) is 0 Å². The maximum Gasteiger partial charge on any atom is 0.0387 e. The Bertz CT molecular complexity index is 348. The third-order valence-electron chi connectivity index (χ3n) is 3.82. The summed E-state index contributed by atoms with van der Waals surface area (Å²) < 4.78 is 0. The Kier molecular flexibility index (Phi) is 3.62. The van der Waals surface area contributed by atoms with E-state index >= 15 is 0 Å². The smallest absolute Gasteiger partial charge is 0.0387 e. The molecular formula is C14H22N2. The average molecular weight is 218 g/mol. The van der Waals surface area contributed by atoms with Gasteiger partial charge in [-0.3, -0.25) is 4.90 Å². The summed E-state index contributed by atoms with van der Waals surface area (Å²) in [5.41, 5.74) is 8.76. The van der Waals surface area contributed by atoms with Gasteiger partial charge in [0.25, 0.3) is 0 Å². The van der Waals surface area contributed by atoms with Crippen LogP contribution in [0.25, 0.3) is 0 Å². The summed E-state index contributed by atoms with van der Waals surface area (Å²) in [5.74, 6) is 0.611. The molecule has 1 aliphatic heterocycles. The van der Waals surface area contributed by atoms with Crippen molar-refractivity contribution in [2.24, 2.45) is 11.7 Å². The van der Waals surface area contributed by atoms with E-state index in [0.717, 1.165) is 6.54 Å². The summed E-state index contributed by atoms with van der Waals surface area (Å²) in [6.45, 7) is 4.18. The van der Waals surface area contributed by atoms with E-state index in [2.05, 4.69) is 43.1 Å². The third kappa shape index (κ3) is 2.13. The Morgan fingerprint density at radius 3 is 2.81 bits per heavy atom. The van der Waals surface area contributed by atoms with Gasteiger partial charge in [-0.05, 0) is 56.9 Å². The highest BCUT2D eigenvalue weighted by molar-refractivity contribution is 5.29. The molecule has 0 saturated carbocycles. The van der Waals surface area contributed by atoms with Gasteiger partial charge >= 0.3 is 0 Å². The van der Waals surface area contributed by atoms with Crippen molar-refractivity contribution in [3.63, 3.8) is 0 Å². The number of nitrogens with zero attached hydrogens (tertiary/aromatic N) is 1. The van der Waals surface area contributed by atoms with Crippen molar-refractivity contribution < 1.29 is 0 Å². The van der Waals surface area contributed by atoms with Gasteiger partial charge in [0.2, 0.25) is 0 Å². The number of likely N-dealkylation sites (tertiary alicyclic amines) is 1. The molecule has 88 valence electrons. The lowest BCUT2D eigenvalue weighted by molar-refractivity contribution is 0.125. The van der Waals surface area contributed by atoms with Crippen molar-refractivity contribution in [2.75, 3.05) is 20.1 Å². The number of aryl methyl sites for hydroxylation is 1. The molecule has 2 unspecified atom stereocenters. The lowest BCUT2D eigenvalue weighted by atomic mass is 9.83. The van der Waals surface area contributed by atoms with E-state index in [4.69, 9.17) is 5.73 Å². The Morgan fingerprint density at radius 1 is 1.38 bits per heavy atom. The first-order valence-corrected chi connectivity index (χ1v) is 6.20. The lowest BCUT2D eigenvalue weighted by Gasteiger charge is -2.39. The van der Waals surface area contributed by atoms with Crippen LogP contribution in [0, 0.1) is 12.8 Å². The molecule has 2 atom stereocenters. The van der Waals surface area contributed by atoms with E-state index in [1.54, 1.807) is 0 Å². The lowest BCUT2D eigenvalue weighted by Crippen LogP contribution is -2.39. The van der Waals surface area contributed by atoms with Crippen LogP contribution >= 0.6 is 0 Å². The zero-order chi connectivity index (χ0) is 11.5. The highest BCUT2D eigenvalue weighted by atomic mass is 15.1. The van der Waals surface area contributed by atoms with Gasteiger partial charge in [-0.25, -0.2) is 0 Å². The minimum atomic E-state index is 0.514. The normalized spacial score (nSPS) is 26.9. The van der Waals surface area contributed by atoms with E-state index in [1.165, 1.54) is 30.5 Å². The Hall–Kier alpha value is -0.860. The summed E-state index contributed by atoms with van der Waals surface area (Å²) >= 11 is 0. The molecule has 0 radical (unpaired) electrons. The molecule has 0 aliphatic carbocycles. The van der Waals surface area contributed by atoms with Gasteiger partial charge in [0, 0.05) is 6.04 Å². The first kappa shape index (κ1) is 11.6. The van der Waals surface area contributed by atoms with Crippen LogP contribution in [0.15, 0.2) is 24.3 Å². The summed E-state index contributed by atoms with van der Waals surface area (Å²) in [6, 6.07) is 9.22. The standard InChI is InChI=1S/C14H22N2/c1-11-6-3-4-8-13(11)14-12(10-15)7-5-9-16(14)2/h3-4,6,8,12,14H,5,7,9-10,15H2,1-2H3. The Labute approximate surface area is 98.4 Å². The van der Waals surface area contributed by atoms with Crippen LogP contribution in [0.1, 0.15) is 30.0 Å². The van der Waals surface area contributed by atoms with Crippen LogP contribution in [-0.4, -0.2) is 25.0 Å². The molecule has 0 aromatic heterocycles. The second-order valence-electron chi connectivity index (χ2n) is 4.92. The van der Waals surface area contributed by atoms with Crippen molar-refractivity contribution in [1.82, 2.24) is 4.90 Å². The summed E-state index contributed by atoms with van der Waals surface area (Å²) in [6.07, 6.45) is 2.54. The molecule has 1 aliphatic rings. The first-order chi connectivity index (χ1) is 7.74. The highest BCUT2D eigenvalue weighted by Gasteiger charge is 2.30. The molecule has 0 bridgehead atoms. The molecule has 2 N–H and O–H groups in total. The fourth-order valence-corrected chi connectivity index (χ4v) is 2.92. The van der Waals surface area contributed by atoms with E-state index in [1.807, 2.05) is 0 Å². The number of hydrogen-bond donors (Lipinski definition) is 1. The van der Waals surface area contributed by atoms with Gasteiger partial charge in [-0.15, -0.1) is 0 Å². The molecule has 1 heterocycles. The van der Waals surface area contributed by atoms with Crippen LogP contribution in [0.2, 0.25) is 0 Å². The molecule has 16 heavy (non-hydrogen) atoms. The summed E-state index contributed by atoms with van der Waals surface area (Å²) in [7, 11) is 2.22. The monoisotopic (exact) mass is 218 g/mol. The van der Waals surface area contributed by atoms with Crippen LogP contribution in [0.5, 0.6) is 0 Å². The molecule has 1 fully saturated rings. The third-order valence-corrected chi connectivity index (χ3v) is 3.82. The van der Waals surface area contributed by atoms with Crippen LogP contribution in [0.3, 0.4) is 0 Å². The molecule has 1 aromatic rings. The van der Waals surface area contributed by atoms with Gasteiger partial charge < -0.3 is 5.73 Å². The van der Waals surface area contributed by atoms with Gasteiger partial charge in [0.15, 0.2) is 0 Å². The quantitative estimate of drug-likeness (QED) is 0.825. The van der Waals surface area contributed by atoms with E-state index in [-0.39, 0.29) is 0 Å². The van der Waals surface area contributed by atoms with Gasteiger partial charge in [-0.1, -0.05) is 24.3 Å². The van der Waals surface area contributed by atoms with Crippen molar-refractivity contribution in [3.8, 4) is 0 Å². The van der Waals surface area contributed by atoms with Crippen LogP contribution < -0.4 is 5.73 Å². The van der Waals surface area contributed by atoms with Crippen molar-refractivity contribution in [1.29, 1.82) is 0 Å². The summed E-state index contributed by atoms with van der Waals surface area (Å²) in [5, 5.41) is 0. The van der Waals surface area contributed by atoms with Crippen LogP contribution in [0.4, 0.5) is 0 Å². The summed E-state index contributed by atoms with van der Waals surface area (Å²) in [4.78, 5) is 2.46. The zero-order valence-corrected chi connectivity index (χ0v) is 10.3. The number of benzene rings is 1. The Balaban J connectivity index is 2.32. The minimum absolute atomic E-state index is 0.514. The molecule has 1 saturated heterocycles. The molecule has 1 aromatic carbocycles. The van der Waals surface area contributed by atoms with Gasteiger partial charge in [0.1, 0.15) is 0 Å². The Morgan fingerprint density at radius 2 is 2.12 bits per heavy atom. The minimum Gasteiger partial charge on any atom is -0.330 e. The zero-order valence-electron chi connectivity index (χ0n) is 10.3. The topological polar surface area (TPSA) is 29.3 Å². The first-order valence-electron chi connectivity index (χ1n) is 6.20. The largest absolute Gasteiger partial charge is 0.330 e. The van der Waals surface area contributed by atoms with Gasteiger partial charge in [-0.2, -0.15) is 0 Å². The number of nitrogens with two attached hydrogens (primary N) is 1. The second kappa shape index (κ2) is 4.98. The van der Waals surface area contributed by atoms with Crippen molar-refractivity contribution in [3.05, 3.63) is 35.4 Å². The van der Waals surface area contributed by atoms with Crippen molar-refractivity contribution in [2.45, 2.75) is 25.8 Å². The number of rotatable bonds is 2. The number of piperidine rings is 1. The molecule has 2 heteroatoms. The predicted octanol–water partition coefficient (Wildman–Crippen LogP) is 2.34. The molecule has 0 spiro atoms.